The Hall–Kier alpha value is -2.09. The number of rotatable bonds is 2. The van der Waals surface area contributed by atoms with Gasteiger partial charge >= 0.3 is 0 Å². The summed E-state index contributed by atoms with van der Waals surface area (Å²) in [5.41, 5.74) is -2.75. The predicted molar refractivity (Wildman–Crippen MR) is 55.0 cm³/mol. The maximum absolute atomic E-state index is 13.7. The molecular formula is C12H4F6O2. The first-order chi connectivity index (χ1) is 9.36. The van der Waals surface area contributed by atoms with Gasteiger partial charge in [-0.1, -0.05) is 0 Å². The molecule has 2 rings (SSSR count). The van der Waals surface area contributed by atoms with Crippen molar-refractivity contribution in [3.05, 3.63) is 46.0 Å². The van der Waals surface area contributed by atoms with Gasteiger partial charge in [0, 0.05) is 0 Å². The van der Waals surface area contributed by atoms with Gasteiger partial charge in [0.2, 0.25) is 0 Å². The molecule has 0 saturated heterocycles. The summed E-state index contributed by atoms with van der Waals surface area (Å²) in [4.78, 5) is 10.5. The van der Waals surface area contributed by atoms with E-state index >= 15 is 0 Å². The Labute approximate surface area is 107 Å². The van der Waals surface area contributed by atoms with Crippen LogP contribution in [-0.4, -0.2) is 11.4 Å². The van der Waals surface area contributed by atoms with Crippen LogP contribution in [0.25, 0.3) is 10.8 Å². The number of benzene rings is 2. The summed E-state index contributed by atoms with van der Waals surface area (Å²) in [6, 6.07) is 0. The molecule has 0 unspecified atom stereocenters. The molecule has 0 amide bonds. The molecule has 0 fully saturated rings. The Morgan fingerprint density at radius 1 is 0.750 bits per heavy atom. The van der Waals surface area contributed by atoms with Crippen molar-refractivity contribution in [1.82, 2.24) is 0 Å². The number of aliphatic hydroxyl groups is 1. The van der Waals surface area contributed by atoms with Gasteiger partial charge in [0.1, 0.15) is 11.6 Å². The van der Waals surface area contributed by atoms with E-state index in [-0.39, 0.29) is 0 Å². The summed E-state index contributed by atoms with van der Waals surface area (Å²) in [6.07, 6.45) is -0.442. The van der Waals surface area contributed by atoms with E-state index < -0.39 is 69.7 Å². The van der Waals surface area contributed by atoms with Crippen LogP contribution in [0, 0.1) is 34.9 Å². The lowest BCUT2D eigenvalue weighted by Crippen LogP contribution is -2.08. The number of aldehydes is 1. The van der Waals surface area contributed by atoms with Crippen molar-refractivity contribution in [1.29, 1.82) is 0 Å². The molecule has 2 aromatic carbocycles. The van der Waals surface area contributed by atoms with Crippen molar-refractivity contribution >= 4 is 17.1 Å². The highest BCUT2D eigenvalue weighted by molar-refractivity contribution is 5.92. The smallest absolute Gasteiger partial charge is 0.173 e. The molecular weight excluding hydrogens is 290 g/mol. The van der Waals surface area contributed by atoms with E-state index in [1.54, 1.807) is 0 Å². The lowest BCUT2D eigenvalue weighted by Gasteiger charge is -2.11. The minimum atomic E-state index is -2.05. The average Bonchev–Trinajstić information content (AvgIpc) is 2.41. The zero-order valence-corrected chi connectivity index (χ0v) is 9.41. The molecule has 0 aromatic heterocycles. The van der Waals surface area contributed by atoms with E-state index in [0.29, 0.717) is 0 Å². The standard InChI is InChI=1S/C12H4F6O2/c13-7-3(1-19)9(15)11(17)6-5(7)12(18)10(16)4(2-20)8(6)14/h1,20H,2H2. The molecule has 2 aromatic rings. The zero-order chi connectivity index (χ0) is 15.2. The maximum Gasteiger partial charge on any atom is 0.173 e. The van der Waals surface area contributed by atoms with Crippen molar-refractivity contribution in [2.75, 3.05) is 0 Å². The second-order valence-electron chi connectivity index (χ2n) is 3.80. The number of fused-ring (bicyclic) bond motifs is 1. The molecule has 0 saturated carbocycles. The Balaban J connectivity index is 3.19. The number of hydrogen-bond donors (Lipinski definition) is 1. The number of halogens is 6. The van der Waals surface area contributed by atoms with E-state index in [1.807, 2.05) is 0 Å². The van der Waals surface area contributed by atoms with E-state index in [1.165, 1.54) is 0 Å². The minimum Gasteiger partial charge on any atom is -0.391 e. The fourth-order valence-electron chi connectivity index (χ4n) is 1.82. The molecule has 0 heterocycles. The van der Waals surface area contributed by atoms with Crippen molar-refractivity contribution in [3.8, 4) is 0 Å². The Morgan fingerprint density at radius 3 is 1.75 bits per heavy atom. The van der Waals surface area contributed by atoms with Crippen LogP contribution in [0.5, 0.6) is 0 Å². The number of hydrogen-bond acceptors (Lipinski definition) is 2. The highest BCUT2D eigenvalue weighted by atomic mass is 19.2. The van der Waals surface area contributed by atoms with Crippen LogP contribution in [0.1, 0.15) is 15.9 Å². The van der Waals surface area contributed by atoms with Gasteiger partial charge in [-0.15, -0.1) is 0 Å². The summed E-state index contributed by atoms with van der Waals surface area (Å²) in [7, 11) is 0. The molecule has 0 aliphatic rings. The van der Waals surface area contributed by atoms with Gasteiger partial charge < -0.3 is 5.11 Å². The Morgan fingerprint density at radius 2 is 1.25 bits per heavy atom. The van der Waals surface area contributed by atoms with E-state index in [9.17, 15) is 31.1 Å². The quantitative estimate of drug-likeness (QED) is 0.525. The van der Waals surface area contributed by atoms with Crippen molar-refractivity contribution < 1.29 is 36.2 Å². The fourth-order valence-corrected chi connectivity index (χ4v) is 1.82. The summed E-state index contributed by atoms with van der Waals surface area (Å²) in [5.74, 6) is -11.8. The molecule has 0 aliphatic heterocycles. The number of carbonyl (C=O) groups is 1. The van der Waals surface area contributed by atoms with Crippen molar-refractivity contribution in [2.45, 2.75) is 6.61 Å². The number of aliphatic hydroxyl groups excluding tert-OH is 1. The van der Waals surface area contributed by atoms with E-state index in [2.05, 4.69) is 0 Å². The van der Waals surface area contributed by atoms with Gasteiger partial charge in [0.15, 0.2) is 29.6 Å². The molecule has 1 N–H and O–H groups in total. The average molecular weight is 294 g/mol. The third-order valence-electron chi connectivity index (χ3n) is 2.79. The van der Waals surface area contributed by atoms with E-state index in [0.717, 1.165) is 0 Å². The van der Waals surface area contributed by atoms with Crippen LogP contribution >= 0.6 is 0 Å². The predicted octanol–water partition coefficient (Wildman–Crippen LogP) is 2.98. The Kier molecular flexibility index (Phi) is 3.43. The van der Waals surface area contributed by atoms with E-state index in [4.69, 9.17) is 5.11 Å². The van der Waals surface area contributed by atoms with Gasteiger partial charge in [-0.3, -0.25) is 4.79 Å². The summed E-state index contributed by atoms with van der Waals surface area (Å²) in [6.45, 7) is -1.34. The van der Waals surface area contributed by atoms with Crippen LogP contribution in [0.3, 0.4) is 0 Å². The van der Waals surface area contributed by atoms with Gasteiger partial charge in [-0.2, -0.15) is 0 Å². The fraction of sp³-hybridized carbons (Fsp3) is 0.0833. The summed E-state index contributed by atoms with van der Waals surface area (Å²) in [5, 5.41) is 5.67. The van der Waals surface area contributed by atoms with Crippen molar-refractivity contribution in [2.24, 2.45) is 0 Å². The monoisotopic (exact) mass is 294 g/mol. The van der Waals surface area contributed by atoms with Gasteiger partial charge in [0.05, 0.1) is 28.5 Å². The maximum atomic E-state index is 13.7. The largest absolute Gasteiger partial charge is 0.391 e. The third kappa shape index (κ3) is 1.68. The number of carbonyl (C=O) groups excluding carboxylic acids is 1. The Bertz CT molecular complexity index is 741. The van der Waals surface area contributed by atoms with Crippen LogP contribution in [-0.2, 0) is 6.61 Å². The molecule has 0 radical (unpaired) electrons. The second kappa shape index (κ2) is 4.78. The molecule has 20 heavy (non-hydrogen) atoms. The second-order valence-corrected chi connectivity index (χ2v) is 3.80. The van der Waals surface area contributed by atoms with Crippen LogP contribution in [0.2, 0.25) is 0 Å². The van der Waals surface area contributed by atoms with Gasteiger partial charge in [-0.25, -0.2) is 26.3 Å². The first-order valence-corrected chi connectivity index (χ1v) is 5.08. The van der Waals surface area contributed by atoms with Crippen molar-refractivity contribution in [3.63, 3.8) is 0 Å². The van der Waals surface area contributed by atoms with Gasteiger partial charge in [0.25, 0.3) is 0 Å². The lowest BCUT2D eigenvalue weighted by molar-refractivity contribution is 0.111. The third-order valence-corrected chi connectivity index (χ3v) is 2.79. The molecule has 0 aliphatic carbocycles. The first kappa shape index (κ1) is 14.3. The molecule has 0 bridgehead atoms. The van der Waals surface area contributed by atoms with Crippen LogP contribution in [0.4, 0.5) is 26.3 Å². The molecule has 8 heteroatoms. The first-order valence-electron chi connectivity index (χ1n) is 5.08. The summed E-state index contributed by atoms with van der Waals surface area (Å²) >= 11 is 0. The van der Waals surface area contributed by atoms with Crippen LogP contribution < -0.4 is 0 Å². The molecule has 0 atom stereocenters. The topological polar surface area (TPSA) is 37.3 Å². The highest BCUT2D eigenvalue weighted by Gasteiger charge is 2.29. The molecule has 0 spiro atoms. The zero-order valence-electron chi connectivity index (χ0n) is 9.41. The molecule has 106 valence electrons. The van der Waals surface area contributed by atoms with Gasteiger partial charge in [-0.05, 0) is 0 Å². The normalized spacial score (nSPS) is 11.2. The summed E-state index contributed by atoms with van der Waals surface area (Å²) < 4.78 is 81.4. The molecule has 2 nitrogen and oxygen atoms in total. The lowest BCUT2D eigenvalue weighted by atomic mass is 10.0. The van der Waals surface area contributed by atoms with Crippen LogP contribution in [0.15, 0.2) is 0 Å². The minimum absolute atomic E-state index is 0.442. The highest BCUT2D eigenvalue weighted by Crippen LogP contribution is 2.34. The SMILES string of the molecule is O=Cc1c(F)c(F)c2c(F)c(CO)c(F)c(F)c2c1F.